The van der Waals surface area contributed by atoms with Gasteiger partial charge in [-0.3, -0.25) is 4.40 Å². The van der Waals surface area contributed by atoms with E-state index in [1.54, 1.807) is 35.2 Å². The topological polar surface area (TPSA) is 56.7 Å². The Bertz CT molecular complexity index is 698. The summed E-state index contributed by atoms with van der Waals surface area (Å²) in [6, 6.07) is 7.13. The first-order chi connectivity index (χ1) is 8.79. The molecule has 18 heavy (non-hydrogen) atoms. The molecule has 3 rings (SSSR count). The second kappa shape index (κ2) is 4.03. The summed E-state index contributed by atoms with van der Waals surface area (Å²) in [6.45, 7) is 0. The molecule has 0 saturated heterocycles. The molecule has 0 amide bonds. The fraction of sp³-hybridized carbons (Fsp3) is 0.0769. The lowest BCUT2D eigenvalue weighted by Gasteiger charge is -2.02. The third kappa shape index (κ3) is 1.57. The Balaban J connectivity index is 2.19. The summed E-state index contributed by atoms with van der Waals surface area (Å²) in [6.07, 6.45) is 4.99. The molecule has 0 spiro atoms. The van der Waals surface area contributed by atoms with Gasteiger partial charge in [0.05, 0.1) is 30.6 Å². The molecule has 3 aromatic rings. The van der Waals surface area contributed by atoms with Gasteiger partial charge in [0, 0.05) is 6.20 Å². The predicted octanol–water partition coefficient (Wildman–Crippen LogP) is 2.38. The van der Waals surface area contributed by atoms with Gasteiger partial charge in [0.2, 0.25) is 0 Å². The molecule has 0 aliphatic heterocycles. The number of ether oxygens (including phenoxy) is 1. The number of pyridine rings is 1. The average Bonchev–Trinajstić information content (AvgIpc) is 3.05. The highest BCUT2D eigenvalue weighted by Crippen LogP contribution is 2.20. The number of fused-ring (bicyclic) bond motifs is 1. The highest BCUT2D eigenvalue weighted by atomic mass is 16.5. The summed E-state index contributed by atoms with van der Waals surface area (Å²) in [5.74, 6) is 0.925. The van der Waals surface area contributed by atoms with E-state index in [4.69, 9.17) is 9.15 Å². The van der Waals surface area contributed by atoms with Gasteiger partial charge < -0.3 is 9.15 Å². The number of rotatable bonds is 2. The maximum absolute atomic E-state index is 11.5. The lowest BCUT2D eigenvalue weighted by Crippen LogP contribution is -2.02. The molecule has 5 heteroatoms. The molecule has 5 nitrogen and oxygen atoms in total. The number of carbonyl (C=O) groups excluding carboxylic acids is 1. The predicted molar refractivity (Wildman–Crippen MR) is 64.2 cm³/mol. The number of aromatic nitrogens is 2. The molecule has 0 atom stereocenters. The summed E-state index contributed by atoms with van der Waals surface area (Å²) >= 11 is 0. The number of imidazole rings is 1. The molecule has 90 valence electrons. The van der Waals surface area contributed by atoms with E-state index < -0.39 is 0 Å². The van der Waals surface area contributed by atoms with Gasteiger partial charge in [-0.05, 0) is 24.3 Å². The molecule has 3 aromatic heterocycles. The zero-order valence-electron chi connectivity index (χ0n) is 9.66. The standard InChI is InChI=1S/C13H10N2O3/c1-17-13(16)9-4-5-10-7-14-12(15(10)8-9)11-3-2-6-18-11/h2-8H,1H3. The van der Waals surface area contributed by atoms with E-state index in [0.29, 0.717) is 17.1 Å². The Morgan fingerprint density at radius 1 is 1.39 bits per heavy atom. The highest BCUT2D eigenvalue weighted by Gasteiger charge is 2.11. The van der Waals surface area contributed by atoms with E-state index >= 15 is 0 Å². The summed E-state index contributed by atoms with van der Waals surface area (Å²) in [4.78, 5) is 15.8. The van der Waals surface area contributed by atoms with Crippen LogP contribution in [-0.4, -0.2) is 22.5 Å². The molecule has 0 saturated carbocycles. The van der Waals surface area contributed by atoms with E-state index in [0.717, 1.165) is 5.52 Å². The largest absolute Gasteiger partial charge is 0.465 e. The molecular weight excluding hydrogens is 232 g/mol. The lowest BCUT2D eigenvalue weighted by molar-refractivity contribution is 0.0600. The Morgan fingerprint density at radius 3 is 3.00 bits per heavy atom. The second-order valence-corrected chi connectivity index (χ2v) is 3.76. The zero-order valence-corrected chi connectivity index (χ0v) is 9.66. The van der Waals surface area contributed by atoms with Crippen LogP contribution in [0.25, 0.3) is 17.1 Å². The van der Waals surface area contributed by atoms with E-state index in [1.165, 1.54) is 7.11 Å². The number of furan rings is 1. The van der Waals surface area contributed by atoms with Crippen LogP contribution in [0.1, 0.15) is 10.4 Å². The summed E-state index contributed by atoms with van der Waals surface area (Å²) in [7, 11) is 1.36. The van der Waals surface area contributed by atoms with Crippen molar-refractivity contribution >= 4 is 11.5 Å². The molecule has 3 heterocycles. The van der Waals surface area contributed by atoms with E-state index in [-0.39, 0.29) is 5.97 Å². The van der Waals surface area contributed by atoms with Crippen LogP contribution in [0.2, 0.25) is 0 Å². The molecule has 0 aromatic carbocycles. The minimum atomic E-state index is -0.379. The van der Waals surface area contributed by atoms with Crippen LogP contribution in [0.15, 0.2) is 47.3 Å². The first kappa shape index (κ1) is 10.6. The monoisotopic (exact) mass is 242 g/mol. The van der Waals surface area contributed by atoms with Gasteiger partial charge in [-0.25, -0.2) is 9.78 Å². The van der Waals surface area contributed by atoms with Crippen LogP contribution in [0.4, 0.5) is 0 Å². The smallest absolute Gasteiger partial charge is 0.339 e. The van der Waals surface area contributed by atoms with Gasteiger partial charge in [-0.2, -0.15) is 0 Å². The van der Waals surface area contributed by atoms with Crippen molar-refractivity contribution in [2.45, 2.75) is 0 Å². The number of methoxy groups -OCH3 is 1. The van der Waals surface area contributed by atoms with Gasteiger partial charge in [0.1, 0.15) is 0 Å². The van der Waals surface area contributed by atoms with Gasteiger partial charge in [-0.1, -0.05) is 0 Å². The molecule has 0 unspecified atom stereocenters. The van der Waals surface area contributed by atoms with Crippen LogP contribution in [-0.2, 0) is 4.74 Å². The molecule has 0 bridgehead atoms. The average molecular weight is 242 g/mol. The van der Waals surface area contributed by atoms with Crippen LogP contribution in [0.3, 0.4) is 0 Å². The van der Waals surface area contributed by atoms with Crippen molar-refractivity contribution in [1.82, 2.24) is 9.38 Å². The Kier molecular flexibility index (Phi) is 2.37. The maximum atomic E-state index is 11.5. The van der Waals surface area contributed by atoms with Gasteiger partial charge >= 0.3 is 5.97 Å². The first-order valence-electron chi connectivity index (χ1n) is 5.39. The van der Waals surface area contributed by atoms with Gasteiger partial charge in [0.25, 0.3) is 0 Å². The third-order valence-corrected chi connectivity index (χ3v) is 2.69. The normalized spacial score (nSPS) is 10.7. The van der Waals surface area contributed by atoms with E-state index in [1.807, 2.05) is 12.1 Å². The van der Waals surface area contributed by atoms with E-state index in [9.17, 15) is 4.79 Å². The molecule has 0 radical (unpaired) electrons. The second-order valence-electron chi connectivity index (χ2n) is 3.76. The lowest BCUT2D eigenvalue weighted by atomic mass is 10.2. The van der Waals surface area contributed by atoms with Crippen LogP contribution < -0.4 is 0 Å². The minimum absolute atomic E-state index is 0.379. The Morgan fingerprint density at radius 2 is 2.28 bits per heavy atom. The Hall–Kier alpha value is -2.56. The highest BCUT2D eigenvalue weighted by molar-refractivity contribution is 5.89. The zero-order chi connectivity index (χ0) is 12.5. The molecule has 0 N–H and O–H groups in total. The first-order valence-corrected chi connectivity index (χ1v) is 5.39. The van der Waals surface area contributed by atoms with Crippen molar-refractivity contribution in [1.29, 1.82) is 0 Å². The third-order valence-electron chi connectivity index (χ3n) is 2.69. The molecule has 0 aliphatic rings. The number of nitrogens with zero attached hydrogens (tertiary/aromatic N) is 2. The fourth-order valence-corrected chi connectivity index (χ4v) is 1.82. The number of hydrogen-bond acceptors (Lipinski definition) is 4. The van der Waals surface area contributed by atoms with Crippen molar-refractivity contribution in [2.75, 3.05) is 7.11 Å². The van der Waals surface area contributed by atoms with Crippen molar-refractivity contribution < 1.29 is 13.9 Å². The summed E-state index contributed by atoms with van der Waals surface area (Å²) < 4.78 is 11.8. The molecule has 0 aliphatic carbocycles. The molecular formula is C13H10N2O3. The summed E-state index contributed by atoms with van der Waals surface area (Å²) in [5, 5.41) is 0. The SMILES string of the molecule is COC(=O)c1ccc2cnc(-c3ccco3)n2c1. The van der Waals surface area contributed by atoms with Crippen molar-refractivity contribution in [2.24, 2.45) is 0 Å². The van der Waals surface area contributed by atoms with Crippen LogP contribution >= 0.6 is 0 Å². The van der Waals surface area contributed by atoms with Crippen LogP contribution in [0.5, 0.6) is 0 Å². The maximum Gasteiger partial charge on any atom is 0.339 e. The van der Waals surface area contributed by atoms with Crippen LogP contribution in [0, 0.1) is 0 Å². The van der Waals surface area contributed by atoms with Crippen molar-refractivity contribution in [3.63, 3.8) is 0 Å². The quantitative estimate of drug-likeness (QED) is 0.647. The van der Waals surface area contributed by atoms with Crippen molar-refractivity contribution in [3.8, 4) is 11.6 Å². The molecule has 0 fully saturated rings. The van der Waals surface area contributed by atoms with Gasteiger partial charge in [-0.15, -0.1) is 0 Å². The Labute approximate surface area is 103 Å². The van der Waals surface area contributed by atoms with Gasteiger partial charge in [0.15, 0.2) is 11.6 Å². The minimum Gasteiger partial charge on any atom is -0.465 e. The number of carbonyl (C=O) groups is 1. The van der Waals surface area contributed by atoms with Crippen molar-refractivity contribution in [3.05, 3.63) is 48.5 Å². The fourth-order valence-electron chi connectivity index (χ4n) is 1.82. The number of hydrogen-bond donors (Lipinski definition) is 0. The summed E-state index contributed by atoms with van der Waals surface area (Å²) in [5.41, 5.74) is 1.35. The number of esters is 1. The van der Waals surface area contributed by atoms with E-state index in [2.05, 4.69) is 4.98 Å².